The van der Waals surface area contributed by atoms with Crippen LogP contribution in [0.3, 0.4) is 0 Å². The van der Waals surface area contributed by atoms with Gasteiger partial charge < -0.3 is 10.2 Å². The van der Waals surface area contributed by atoms with E-state index in [9.17, 15) is 4.79 Å². The minimum absolute atomic E-state index is 0.0661. The van der Waals surface area contributed by atoms with Crippen LogP contribution in [0.25, 0.3) is 0 Å². The fraction of sp³-hybridized carbons (Fsp3) is 0.625. The minimum Gasteiger partial charge on any atom is -0.373 e. The van der Waals surface area contributed by atoms with E-state index in [1.165, 1.54) is 12.8 Å². The molecule has 0 saturated heterocycles. The lowest BCUT2D eigenvalue weighted by molar-refractivity contribution is 0.0655. The number of aromatic nitrogens is 1. The molecule has 5 heteroatoms. The minimum atomic E-state index is 0.0661. The molecular weight excluding hydrogens is 286 g/mol. The number of hydrogen-bond donors (Lipinski definition) is 1. The Kier molecular flexibility index (Phi) is 5.45. The zero-order valence-corrected chi connectivity index (χ0v) is 13.8. The maximum absolute atomic E-state index is 12.9. The Hall–Kier alpha value is -1.29. The van der Waals surface area contributed by atoms with Gasteiger partial charge in [0.05, 0.1) is 0 Å². The van der Waals surface area contributed by atoms with Crippen LogP contribution < -0.4 is 5.32 Å². The number of rotatable bonds is 5. The topological polar surface area (TPSA) is 45.2 Å². The quantitative estimate of drug-likeness (QED) is 0.841. The molecule has 1 fully saturated rings. The maximum Gasteiger partial charge on any atom is 0.254 e. The van der Waals surface area contributed by atoms with E-state index < -0.39 is 0 Å². The van der Waals surface area contributed by atoms with Crippen molar-refractivity contribution in [3.63, 3.8) is 0 Å². The third kappa shape index (κ3) is 4.10. The highest BCUT2D eigenvalue weighted by molar-refractivity contribution is 6.29. The van der Waals surface area contributed by atoms with Crippen molar-refractivity contribution in [2.45, 2.75) is 45.6 Å². The van der Waals surface area contributed by atoms with Crippen LogP contribution in [0.1, 0.15) is 49.9 Å². The third-order valence-corrected chi connectivity index (χ3v) is 4.08. The average Bonchev–Trinajstić information content (AvgIpc) is 2.97. The van der Waals surface area contributed by atoms with Crippen molar-refractivity contribution >= 4 is 23.3 Å². The number of carbonyl (C=O) groups is 1. The molecule has 116 valence electrons. The third-order valence-electron chi connectivity index (χ3n) is 3.89. The summed E-state index contributed by atoms with van der Waals surface area (Å²) in [7, 11) is 1.77. The number of hydrogen-bond acceptors (Lipinski definition) is 3. The number of carbonyl (C=O) groups excluding carboxylic acids is 1. The molecule has 21 heavy (non-hydrogen) atoms. The molecule has 1 aliphatic carbocycles. The lowest BCUT2D eigenvalue weighted by Gasteiger charge is -2.31. The first-order valence-electron chi connectivity index (χ1n) is 7.67. The van der Waals surface area contributed by atoms with Crippen LogP contribution in [-0.4, -0.2) is 35.4 Å². The summed E-state index contributed by atoms with van der Waals surface area (Å²) in [6.45, 7) is 5.08. The smallest absolute Gasteiger partial charge is 0.254 e. The standard InChI is InChI=1S/C16H24ClN3O/c1-11(2)10-20(13-6-4-5-7-13)16(21)12-8-14(17)19-15(9-12)18-3/h8-9,11,13H,4-7,10H2,1-3H3,(H,18,19). The highest BCUT2D eigenvalue weighted by Crippen LogP contribution is 2.26. The van der Waals surface area contributed by atoms with E-state index in [1.54, 1.807) is 19.2 Å². The van der Waals surface area contributed by atoms with Gasteiger partial charge in [-0.3, -0.25) is 4.79 Å². The fourth-order valence-electron chi connectivity index (χ4n) is 2.92. The van der Waals surface area contributed by atoms with Crippen LogP contribution in [-0.2, 0) is 0 Å². The van der Waals surface area contributed by atoms with Gasteiger partial charge in [0.2, 0.25) is 0 Å². The first-order chi connectivity index (χ1) is 10.0. The van der Waals surface area contributed by atoms with Crippen molar-refractivity contribution in [1.29, 1.82) is 0 Å². The number of nitrogens with zero attached hydrogens (tertiary/aromatic N) is 2. The predicted molar refractivity (Wildman–Crippen MR) is 86.9 cm³/mol. The normalized spacial score (nSPS) is 15.5. The molecule has 0 unspecified atom stereocenters. The molecule has 0 bridgehead atoms. The Morgan fingerprint density at radius 3 is 2.67 bits per heavy atom. The lowest BCUT2D eigenvalue weighted by atomic mass is 10.1. The van der Waals surface area contributed by atoms with Gasteiger partial charge in [0.25, 0.3) is 5.91 Å². The maximum atomic E-state index is 12.9. The van der Waals surface area contributed by atoms with Gasteiger partial charge in [-0.2, -0.15) is 0 Å². The van der Waals surface area contributed by atoms with Gasteiger partial charge in [-0.05, 0) is 30.9 Å². The van der Waals surface area contributed by atoms with Crippen LogP contribution in [0.15, 0.2) is 12.1 Å². The molecule has 0 aliphatic heterocycles. The summed E-state index contributed by atoms with van der Waals surface area (Å²) in [4.78, 5) is 19.1. The second kappa shape index (κ2) is 7.12. The van der Waals surface area contributed by atoms with Crippen molar-refractivity contribution < 1.29 is 4.79 Å². The number of nitrogens with one attached hydrogen (secondary N) is 1. The molecule has 1 N–H and O–H groups in total. The van der Waals surface area contributed by atoms with Crippen LogP contribution >= 0.6 is 11.6 Å². The molecule has 1 amide bonds. The Bertz CT molecular complexity index is 498. The molecule has 1 aromatic heterocycles. The molecule has 1 heterocycles. The summed E-state index contributed by atoms with van der Waals surface area (Å²) in [5, 5.41) is 3.29. The van der Waals surface area contributed by atoms with Crippen molar-refractivity contribution in [2.75, 3.05) is 18.9 Å². The summed E-state index contributed by atoms with van der Waals surface area (Å²) in [6, 6.07) is 3.80. The van der Waals surface area contributed by atoms with Crippen molar-refractivity contribution in [3.05, 3.63) is 22.8 Å². The molecule has 1 saturated carbocycles. The van der Waals surface area contributed by atoms with E-state index >= 15 is 0 Å². The van der Waals surface area contributed by atoms with E-state index in [-0.39, 0.29) is 5.91 Å². The SMILES string of the molecule is CNc1cc(C(=O)N(CC(C)C)C2CCCC2)cc(Cl)n1. The summed E-state index contributed by atoms with van der Waals surface area (Å²) in [5.41, 5.74) is 0.618. The Balaban J connectivity index is 2.26. The molecule has 1 aromatic rings. The van der Waals surface area contributed by atoms with Gasteiger partial charge in [-0.1, -0.05) is 38.3 Å². The molecule has 0 atom stereocenters. The zero-order valence-electron chi connectivity index (χ0n) is 13.0. The zero-order chi connectivity index (χ0) is 15.4. The molecule has 4 nitrogen and oxygen atoms in total. The van der Waals surface area contributed by atoms with Gasteiger partial charge in [0.15, 0.2) is 0 Å². The van der Waals surface area contributed by atoms with E-state index in [1.807, 2.05) is 4.90 Å². The predicted octanol–water partition coefficient (Wildman–Crippen LogP) is 3.82. The van der Waals surface area contributed by atoms with Gasteiger partial charge >= 0.3 is 0 Å². The van der Waals surface area contributed by atoms with Gasteiger partial charge in [-0.25, -0.2) is 4.98 Å². The van der Waals surface area contributed by atoms with Crippen LogP contribution in [0, 0.1) is 5.92 Å². The summed E-state index contributed by atoms with van der Waals surface area (Å²) >= 11 is 6.02. The molecular formula is C16H24ClN3O. The fourth-order valence-corrected chi connectivity index (χ4v) is 3.13. The summed E-state index contributed by atoms with van der Waals surface area (Å²) in [5.74, 6) is 1.15. The van der Waals surface area contributed by atoms with E-state index in [0.717, 1.165) is 19.4 Å². The second-order valence-corrected chi connectivity index (χ2v) is 6.49. The van der Waals surface area contributed by atoms with E-state index in [4.69, 9.17) is 11.6 Å². The largest absolute Gasteiger partial charge is 0.373 e. The number of amides is 1. The van der Waals surface area contributed by atoms with Crippen molar-refractivity contribution in [1.82, 2.24) is 9.88 Å². The molecule has 0 aromatic carbocycles. The van der Waals surface area contributed by atoms with E-state index in [0.29, 0.717) is 28.5 Å². The van der Waals surface area contributed by atoms with Crippen LogP contribution in [0.2, 0.25) is 5.15 Å². The Morgan fingerprint density at radius 1 is 1.43 bits per heavy atom. The Labute approximate surface area is 131 Å². The summed E-state index contributed by atoms with van der Waals surface area (Å²) < 4.78 is 0. The molecule has 1 aliphatic rings. The van der Waals surface area contributed by atoms with Gasteiger partial charge in [0, 0.05) is 25.2 Å². The molecule has 0 spiro atoms. The average molecular weight is 310 g/mol. The molecule has 0 radical (unpaired) electrons. The van der Waals surface area contributed by atoms with Crippen molar-refractivity contribution in [3.8, 4) is 0 Å². The number of anilines is 1. The van der Waals surface area contributed by atoms with Gasteiger partial charge in [-0.15, -0.1) is 0 Å². The number of halogens is 1. The lowest BCUT2D eigenvalue weighted by Crippen LogP contribution is -2.41. The van der Waals surface area contributed by atoms with Gasteiger partial charge in [0.1, 0.15) is 11.0 Å². The molecule has 2 rings (SSSR count). The second-order valence-electron chi connectivity index (χ2n) is 6.10. The van der Waals surface area contributed by atoms with Crippen LogP contribution in [0.4, 0.5) is 5.82 Å². The summed E-state index contributed by atoms with van der Waals surface area (Å²) in [6.07, 6.45) is 4.64. The van der Waals surface area contributed by atoms with Crippen molar-refractivity contribution in [2.24, 2.45) is 5.92 Å². The monoisotopic (exact) mass is 309 g/mol. The highest BCUT2D eigenvalue weighted by Gasteiger charge is 2.28. The first-order valence-corrected chi connectivity index (χ1v) is 8.05. The van der Waals surface area contributed by atoms with E-state index in [2.05, 4.69) is 24.1 Å². The van der Waals surface area contributed by atoms with Crippen LogP contribution in [0.5, 0.6) is 0 Å². The Morgan fingerprint density at radius 2 is 2.10 bits per heavy atom. The first kappa shape index (κ1) is 16.1. The highest BCUT2D eigenvalue weighted by atomic mass is 35.5. The number of pyridine rings is 1.